The summed E-state index contributed by atoms with van der Waals surface area (Å²) in [5.74, 6) is 6.07. The van der Waals surface area contributed by atoms with E-state index in [9.17, 15) is 0 Å². The van der Waals surface area contributed by atoms with Gasteiger partial charge in [0.05, 0.1) is 5.69 Å². The molecule has 2 aromatic rings. The summed E-state index contributed by atoms with van der Waals surface area (Å²) in [5.41, 5.74) is 12.5. The molecule has 0 fully saturated rings. The van der Waals surface area contributed by atoms with E-state index >= 15 is 0 Å². The second-order valence-corrected chi connectivity index (χ2v) is 2.52. The zero-order valence-corrected chi connectivity index (χ0v) is 6.52. The lowest BCUT2D eigenvalue weighted by molar-refractivity contribution is 0.655. The van der Waals surface area contributed by atoms with Gasteiger partial charge >= 0.3 is 0 Å². The van der Waals surface area contributed by atoms with Crippen LogP contribution in [0.5, 0.6) is 0 Å². The fourth-order valence-corrected chi connectivity index (χ4v) is 1.24. The van der Waals surface area contributed by atoms with Gasteiger partial charge in [0.25, 0.3) is 0 Å². The third-order valence-electron chi connectivity index (χ3n) is 1.71. The quantitative estimate of drug-likeness (QED) is 0.423. The minimum Gasteiger partial charge on any atom is -0.382 e. The molecule has 0 bridgehead atoms. The van der Waals surface area contributed by atoms with Gasteiger partial charge in [0.2, 0.25) is 5.95 Å². The number of hydrogen-bond donors (Lipinski definition) is 3. The highest BCUT2D eigenvalue weighted by molar-refractivity contribution is 5.71. The van der Waals surface area contributed by atoms with Crippen molar-refractivity contribution in [1.29, 1.82) is 0 Å². The first-order chi connectivity index (χ1) is 5.61. The van der Waals surface area contributed by atoms with Crippen molar-refractivity contribution in [3.05, 3.63) is 5.69 Å². The molecular weight excluding hydrogens is 158 g/mol. The van der Waals surface area contributed by atoms with Gasteiger partial charge in [-0.05, 0) is 6.92 Å². The standard InChI is InChI=1S/C5H9N7/c1-2-3-4(6)9-5(7)11(3)12(8)10-2/h6,8H2,1H3,(H2,7,9). The number of nitrogens with zero attached hydrogens (tertiary/aromatic N) is 4. The number of fused-ring (bicyclic) bond motifs is 1. The molecule has 0 spiro atoms. The molecule has 0 unspecified atom stereocenters. The second kappa shape index (κ2) is 1.81. The largest absolute Gasteiger partial charge is 0.382 e. The van der Waals surface area contributed by atoms with Crippen LogP contribution in [0, 0.1) is 6.92 Å². The summed E-state index contributed by atoms with van der Waals surface area (Å²) >= 11 is 0. The third kappa shape index (κ3) is 0.595. The van der Waals surface area contributed by atoms with E-state index in [1.165, 1.54) is 4.52 Å². The van der Waals surface area contributed by atoms with Crippen LogP contribution < -0.4 is 17.3 Å². The van der Waals surface area contributed by atoms with Gasteiger partial charge in [0.15, 0.2) is 5.82 Å². The SMILES string of the molecule is Cc1nn(N)n2c(N)nc(N)c12. The van der Waals surface area contributed by atoms with Gasteiger partial charge in [-0.3, -0.25) is 0 Å². The van der Waals surface area contributed by atoms with E-state index in [0.717, 1.165) is 4.91 Å². The van der Waals surface area contributed by atoms with Crippen molar-refractivity contribution >= 4 is 17.3 Å². The van der Waals surface area contributed by atoms with Crippen molar-refractivity contribution in [2.45, 2.75) is 6.92 Å². The van der Waals surface area contributed by atoms with E-state index < -0.39 is 0 Å². The molecule has 0 atom stereocenters. The maximum absolute atomic E-state index is 5.57. The Morgan fingerprint density at radius 3 is 2.58 bits per heavy atom. The van der Waals surface area contributed by atoms with Crippen molar-refractivity contribution in [3.63, 3.8) is 0 Å². The molecule has 12 heavy (non-hydrogen) atoms. The van der Waals surface area contributed by atoms with Crippen LogP contribution in [0.3, 0.4) is 0 Å². The molecule has 0 aromatic carbocycles. The lowest BCUT2D eigenvalue weighted by atomic mass is 10.4. The molecule has 6 N–H and O–H groups in total. The Bertz CT molecular complexity index is 361. The van der Waals surface area contributed by atoms with E-state index in [1.54, 1.807) is 6.92 Å². The number of aromatic nitrogens is 4. The average Bonchev–Trinajstić information content (AvgIpc) is 2.38. The molecular formula is C5H9N7. The predicted octanol–water partition coefficient (Wildman–Crippen LogP) is -1.28. The average molecular weight is 167 g/mol. The van der Waals surface area contributed by atoms with Crippen LogP contribution in [-0.4, -0.2) is 19.5 Å². The van der Waals surface area contributed by atoms with Crippen molar-refractivity contribution < 1.29 is 0 Å². The number of hydrogen-bond acceptors (Lipinski definition) is 5. The Labute approximate surface area is 67.7 Å². The zero-order chi connectivity index (χ0) is 8.88. The van der Waals surface area contributed by atoms with Gasteiger partial charge in [-0.2, -0.15) is 9.50 Å². The highest BCUT2D eigenvalue weighted by Crippen LogP contribution is 2.18. The second-order valence-electron chi connectivity index (χ2n) is 2.52. The fourth-order valence-electron chi connectivity index (χ4n) is 1.24. The summed E-state index contributed by atoms with van der Waals surface area (Å²) in [7, 11) is 0. The van der Waals surface area contributed by atoms with E-state index in [0.29, 0.717) is 17.0 Å². The van der Waals surface area contributed by atoms with Crippen LogP contribution >= 0.6 is 0 Å². The Morgan fingerprint density at radius 2 is 2.00 bits per heavy atom. The lowest BCUT2D eigenvalue weighted by Gasteiger charge is -1.92. The highest BCUT2D eigenvalue weighted by Gasteiger charge is 2.13. The minimum absolute atomic E-state index is 0.241. The van der Waals surface area contributed by atoms with Crippen LogP contribution in [-0.2, 0) is 0 Å². The maximum Gasteiger partial charge on any atom is 0.225 e. The van der Waals surface area contributed by atoms with Gasteiger partial charge < -0.3 is 17.3 Å². The van der Waals surface area contributed by atoms with Crippen LogP contribution in [0.2, 0.25) is 0 Å². The van der Waals surface area contributed by atoms with Crippen LogP contribution in [0.4, 0.5) is 11.8 Å². The first kappa shape index (κ1) is 6.77. The van der Waals surface area contributed by atoms with Gasteiger partial charge in [0.1, 0.15) is 5.52 Å². The Morgan fingerprint density at radius 1 is 1.33 bits per heavy atom. The summed E-state index contributed by atoms with van der Waals surface area (Å²) < 4.78 is 1.45. The van der Waals surface area contributed by atoms with Crippen LogP contribution in [0.15, 0.2) is 0 Å². The van der Waals surface area contributed by atoms with E-state index in [4.69, 9.17) is 17.3 Å². The summed E-state index contributed by atoms with van der Waals surface area (Å²) in [6.07, 6.45) is 0. The number of nitrogen functional groups attached to an aromatic ring is 3. The topological polar surface area (TPSA) is 113 Å². The van der Waals surface area contributed by atoms with Crippen molar-refractivity contribution in [2.75, 3.05) is 17.3 Å². The van der Waals surface area contributed by atoms with Gasteiger partial charge in [-0.25, -0.2) is 0 Å². The molecule has 7 nitrogen and oxygen atoms in total. The van der Waals surface area contributed by atoms with E-state index in [1.807, 2.05) is 0 Å². The molecule has 0 aliphatic carbocycles. The molecule has 0 radical (unpaired) electrons. The fraction of sp³-hybridized carbons (Fsp3) is 0.200. The normalized spacial score (nSPS) is 11.1. The number of nitrogens with two attached hydrogens (primary N) is 3. The number of rotatable bonds is 0. The van der Waals surface area contributed by atoms with Gasteiger partial charge in [0, 0.05) is 0 Å². The number of imidazole rings is 1. The van der Waals surface area contributed by atoms with Crippen molar-refractivity contribution in [3.8, 4) is 0 Å². The smallest absolute Gasteiger partial charge is 0.225 e. The van der Waals surface area contributed by atoms with Crippen LogP contribution in [0.25, 0.3) is 5.52 Å². The predicted molar refractivity (Wildman–Crippen MR) is 44.7 cm³/mol. The molecule has 64 valence electrons. The molecule has 0 amide bonds. The van der Waals surface area contributed by atoms with Crippen molar-refractivity contribution in [2.24, 2.45) is 0 Å². The van der Waals surface area contributed by atoms with Crippen LogP contribution in [0.1, 0.15) is 5.69 Å². The van der Waals surface area contributed by atoms with Gasteiger partial charge in [-0.1, -0.05) is 0 Å². The molecule has 0 aliphatic heterocycles. The maximum atomic E-state index is 5.57. The first-order valence-corrected chi connectivity index (χ1v) is 3.35. The molecule has 0 saturated carbocycles. The summed E-state index contributed by atoms with van der Waals surface area (Å²) in [6, 6.07) is 0. The summed E-state index contributed by atoms with van der Waals surface area (Å²) in [5, 5.41) is 3.93. The lowest BCUT2D eigenvalue weighted by Crippen LogP contribution is -2.18. The number of aryl methyl sites for hydroxylation is 1. The van der Waals surface area contributed by atoms with E-state index in [-0.39, 0.29) is 5.95 Å². The molecule has 0 saturated heterocycles. The summed E-state index contributed by atoms with van der Waals surface area (Å²) in [6.45, 7) is 1.79. The minimum atomic E-state index is 0.241. The Balaban J connectivity index is 3.01. The highest BCUT2D eigenvalue weighted by atomic mass is 15.7. The Hall–Kier alpha value is -1.92. The monoisotopic (exact) mass is 167 g/mol. The Kier molecular flexibility index (Phi) is 1.02. The third-order valence-corrected chi connectivity index (χ3v) is 1.71. The molecule has 0 aliphatic rings. The molecule has 7 heteroatoms. The van der Waals surface area contributed by atoms with E-state index in [2.05, 4.69) is 10.1 Å². The van der Waals surface area contributed by atoms with Gasteiger partial charge in [-0.15, -0.1) is 10.0 Å². The molecule has 2 heterocycles. The molecule has 2 rings (SSSR count). The summed E-state index contributed by atoms with van der Waals surface area (Å²) in [4.78, 5) is 4.96. The first-order valence-electron chi connectivity index (χ1n) is 3.35. The molecule has 2 aromatic heterocycles. The number of anilines is 2. The zero-order valence-electron chi connectivity index (χ0n) is 6.52. The van der Waals surface area contributed by atoms with Crippen molar-refractivity contribution in [1.82, 2.24) is 19.5 Å².